The standard InChI is InChI=1S/C17H15BrN2S/c1-2-6-14-15(18)17(21)20-16(19-14)13-10-5-8-11-7-3-4-9-12(11)13/h3-5,7-10H,2,6H2,1H3,(H,19,20,21). The molecule has 0 saturated heterocycles. The van der Waals surface area contributed by atoms with Gasteiger partial charge in [-0.1, -0.05) is 68.0 Å². The Bertz CT molecular complexity index is 850. The SMILES string of the molecule is CCCc1[nH]c(-c2cccc3ccccc23)nc(=S)c1Br. The Morgan fingerprint density at radius 1 is 1.14 bits per heavy atom. The highest BCUT2D eigenvalue weighted by molar-refractivity contribution is 9.10. The summed E-state index contributed by atoms with van der Waals surface area (Å²) in [4.78, 5) is 7.99. The largest absolute Gasteiger partial charge is 0.342 e. The molecule has 0 aliphatic rings. The van der Waals surface area contributed by atoms with Crippen LogP contribution in [0.5, 0.6) is 0 Å². The van der Waals surface area contributed by atoms with Crippen LogP contribution >= 0.6 is 28.1 Å². The van der Waals surface area contributed by atoms with Crippen molar-refractivity contribution in [3.63, 3.8) is 0 Å². The molecule has 2 nitrogen and oxygen atoms in total. The van der Waals surface area contributed by atoms with Crippen LogP contribution in [0.3, 0.4) is 0 Å². The monoisotopic (exact) mass is 358 g/mol. The highest BCUT2D eigenvalue weighted by atomic mass is 79.9. The molecule has 3 rings (SSSR count). The van der Waals surface area contributed by atoms with E-state index in [1.54, 1.807) is 0 Å². The van der Waals surface area contributed by atoms with Crippen molar-refractivity contribution >= 4 is 38.9 Å². The van der Waals surface area contributed by atoms with Gasteiger partial charge in [0.2, 0.25) is 0 Å². The summed E-state index contributed by atoms with van der Waals surface area (Å²) in [5, 5.41) is 2.39. The van der Waals surface area contributed by atoms with Gasteiger partial charge in [0.15, 0.2) is 0 Å². The maximum absolute atomic E-state index is 5.39. The molecule has 1 heterocycles. The number of hydrogen-bond donors (Lipinski definition) is 1. The summed E-state index contributed by atoms with van der Waals surface area (Å²) in [6, 6.07) is 14.6. The molecule has 0 aliphatic carbocycles. The molecule has 2 aromatic carbocycles. The second-order valence-electron chi connectivity index (χ2n) is 4.96. The third-order valence-corrected chi connectivity index (χ3v) is 4.89. The van der Waals surface area contributed by atoms with Crippen LogP contribution in [0, 0.1) is 4.64 Å². The van der Waals surface area contributed by atoms with Gasteiger partial charge in [-0.25, -0.2) is 4.98 Å². The second-order valence-corrected chi connectivity index (χ2v) is 6.14. The van der Waals surface area contributed by atoms with Gasteiger partial charge in [-0.2, -0.15) is 0 Å². The minimum absolute atomic E-state index is 0.611. The van der Waals surface area contributed by atoms with Crippen LogP contribution in [-0.2, 0) is 6.42 Å². The van der Waals surface area contributed by atoms with Crippen molar-refractivity contribution in [2.24, 2.45) is 0 Å². The topological polar surface area (TPSA) is 28.7 Å². The van der Waals surface area contributed by atoms with Crippen molar-refractivity contribution < 1.29 is 0 Å². The van der Waals surface area contributed by atoms with Crippen molar-refractivity contribution in [2.75, 3.05) is 0 Å². The van der Waals surface area contributed by atoms with E-state index >= 15 is 0 Å². The molecule has 0 aliphatic heterocycles. The Labute approximate surface area is 137 Å². The van der Waals surface area contributed by atoms with E-state index < -0.39 is 0 Å². The molecule has 1 aromatic heterocycles. The Hall–Kier alpha value is -1.52. The molecule has 0 amide bonds. The lowest BCUT2D eigenvalue weighted by atomic mass is 10.0. The molecule has 1 N–H and O–H groups in total. The van der Waals surface area contributed by atoms with E-state index in [4.69, 9.17) is 12.2 Å². The van der Waals surface area contributed by atoms with Crippen LogP contribution in [0.25, 0.3) is 22.2 Å². The van der Waals surface area contributed by atoms with E-state index in [1.165, 1.54) is 10.8 Å². The predicted molar refractivity (Wildman–Crippen MR) is 94.1 cm³/mol. The van der Waals surface area contributed by atoms with E-state index in [1.807, 2.05) is 12.1 Å². The third-order valence-electron chi connectivity index (χ3n) is 3.48. The summed E-state index contributed by atoms with van der Waals surface area (Å²) in [7, 11) is 0. The van der Waals surface area contributed by atoms with Crippen LogP contribution in [0.1, 0.15) is 19.0 Å². The van der Waals surface area contributed by atoms with E-state index in [9.17, 15) is 0 Å². The molecule has 0 unspecified atom stereocenters. The average molecular weight is 359 g/mol. The fourth-order valence-corrected chi connectivity index (χ4v) is 3.09. The van der Waals surface area contributed by atoms with Crippen LogP contribution in [0.2, 0.25) is 0 Å². The summed E-state index contributed by atoms with van der Waals surface area (Å²) >= 11 is 8.93. The number of hydrogen-bond acceptors (Lipinski definition) is 2. The highest BCUT2D eigenvalue weighted by Crippen LogP contribution is 2.28. The fourth-order valence-electron chi connectivity index (χ4n) is 2.49. The van der Waals surface area contributed by atoms with E-state index in [0.717, 1.165) is 34.4 Å². The van der Waals surface area contributed by atoms with Gasteiger partial charge < -0.3 is 4.98 Å². The molecule has 4 heteroatoms. The van der Waals surface area contributed by atoms with Gasteiger partial charge in [0.1, 0.15) is 10.5 Å². The number of rotatable bonds is 3. The molecule has 0 atom stereocenters. The maximum atomic E-state index is 5.39. The number of aromatic nitrogens is 2. The summed E-state index contributed by atoms with van der Waals surface area (Å²) in [6.07, 6.45) is 2.01. The number of H-pyrrole nitrogens is 1. The second kappa shape index (κ2) is 6.08. The molecule has 0 spiro atoms. The Balaban J connectivity index is 2.26. The first-order valence-electron chi connectivity index (χ1n) is 6.97. The van der Waals surface area contributed by atoms with Crippen LogP contribution < -0.4 is 0 Å². The number of aromatic amines is 1. The molecule has 0 bridgehead atoms. The molecule has 0 saturated carbocycles. The zero-order chi connectivity index (χ0) is 14.8. The number of halogens is 1. The molecule has 106 valence electrons. The molecule has 0 fully saturated rings. The molecular weight excluding hydrogens is 344 g/mol. The van der Waals surface area contributed by atoms with Gasteiger partial charge in [-0.3, -0.25) is 0 Å². The normalized spacial score (nSPS) is 11.0. The predicted octanol–water partition coefficient (Wildman–Crippen LogP) is 5.67. The zero-order valence-corrected chi connectivity index (χ0v) is 14.1. The Morgan fingerprint density at radius 2 is 1.90 bits per heavy atom. The Kier molecular flexibility index (Phi) is 4.17. The van der Waals surface area contributed by atoms with Crippen LogP contribution in [-0.4, -0.2) is 9.97 Å². The van der Waals surface area contributed by atoms with Gasteiger partial charge in [0.05, 0.1) is 4.47 Å². The molecule has 0 radical (unpaired) electrons. The quantitative estimate of drug-likeness (QED) is 0.610. The smallest absolute Gasteiger partial charge is 0.144 e. The van der Waals surface area contributed by atoms with Crippen molar-refractivity contribution in [1.82, 2.24) is 9.97 Å². The lowest BCUT2D eigenvalue weighted by Crippen LogP contribution is -1.98. The summed E-state index contributed by atoms with van der Waals surface area (Å²) < 4.78 is 1.52. The van der Waals surface area contributed by atoms with Gasteiger partial charge >= 0.3 is 0 Å². The van der Waals surface area contributed by atoms with E-state index in [2.05, 4.69) is 63.2 Å². The molecule has 21 heavy (non-hydrogen) atoms. The number of nitrogens with zero attached hydrogens (tertiary/aromatic N) is 1. The van der Waals surface area contributed by atoms with Crippen molar-refractivity contribution in [1.29, 1.82) is 0 Å². The van der Waals surface area contributed by atoms with E-state index in [-0.39, 0.29) is 0 Å². The number of aryl methyl sites for hydroxylation is 1. The summed E-state index contributed by atoms with van der Waals surface area (Å²) in [5.41, 5.74) is 2.20. The number of benzene rings is 2. The van der Waals surface area contributed by atoms with Gasteiger partial charge in [-0.15, -0.1) is 0 Å². The minimum atomic E-state index is 0.611. The van der Waals surface area contributed by atoms with Crippen molar-refractivity contribution in [3.8, 4) is 11.4 Å². The van der Waals surface area contributed by atoms with Gasteiger partial charge in [-0.05, 0) is 33.1 Å². The Morgan fingerprint density at radius 3 is 2.71 bits per heavy atom. The fraction of sp³-hybridized carbons (Fsp3) is 0.176. The number of nitrogens with one attached hydrogen (secondary N) is 1. The molecular formula is C17H15BrN2S. The first-order chi connectivity index (χ1) is 10.2. The number of fused-ring (bicyclic) bond motifs is 1. The highest BCUT2D eigenvalue weighted by Gasteiger charge is 2.09. The van der Waals surface area contributed by atoms with Gasteiger partial charge in [0, 0.05) is 11.3 Å². The lowest BCUT2D eigenvalue weighted by molar-refractivity contribution is 0.866. The van der Waals surface area contributed by atoms with E-state index in [0.29, 0.717) is 4.64 Å². The average Bonchev–Trinajstić information content (AvgIpc) is 2.51. The lowest BCUT2D eigenvalue weighted by Gasteiger charge is -2.10. The van der Waals surface area contributed by atoms with Crippen molar-refractivity contribution in [2.45, 2.75) is 19.8 Å². The van der Waals surface area contributed by atoms with Crippen LogP contribution in [0.15, 0.2) is 46.9 Å². The zero-order valence-electron chi connectivity index (χ0n) is 11.7. The third kappa shape index (κ3) is 2.78. The minimum Gasteiger partial charge on any atom is -0.342 e. The van der Waals surface area contributed by atoms with Crippen LogP contribution in [0.4, 0.5) is 0 Å². The summed E-state index contributed by atoms with van der Waals surface area (Å²) in [6.45, 7) is 2.15. The first kappa shape index (κ1) is 14.4. The van der Waals surface area contributed by atoms with Crippen molar-refractivity contribution in [3.05, 3.63) is 57.3 Å². The summed E-state index contributed by atoms with van der Waals surface area (Å²) in [5.74, 6) is 0.837. The molecule has 3 aromatic rings. The maximum Gasteiger partial charge on any atom is 0.144 e. The van der Waals surface area contributed by atoms with Gasteiger partial charge in [0.25, 0.3) is 0 Å². The first-order valence-corrected chi connectivity index (χ1v) is 8.17.